The quantitative estimate of drug-likeness (QED) is 0.879. The molecule has 2 aromatic rings. The van der Waals surface area contributed by atoms with Crippen LogP contribution in [-0.4, -0.2) is 7.11 Å². The summed E-state index contributed by atoms with van der Waals surface area (Å²) in [5, 5.41) is 12.1. The van der Waals surface area contributed by atoms with Crippen molar-refractivity contribution in [3.05, 3.63) is 63.4 Å². The lowest BCUT2D eigenvalue weighted by molar-refractivity contribution is 0.185. The fourth-order valence-corrected chi connectivity index (χ4v) is 2.47. The first kappa shape index (κ1) is 15.5. The van der Waals surface area contributed by atoms with Crippen LogP contribution in [0.3, 0.4) is 0 Å². The van der Waals surface area contributed by atoms with Gasteiger partial charge in [-0.05, 0) is 30.3 Å². The van der Waals surface area contributed by atoms with E-state index in [1.165, 1.54) is 12.1 Å². The molecule has 0 aliphatic heterocycles. The van der Waals surface area contributed by atoms with E-state index >= 15 is 0 Å². The highest BCUT2D eigenvalue weighted by Gasteiger charge is 2.08. The van der Waals surface area contributed by atoms with Crippen molar-refractivity contribution in [1.82, 2.24) is 0 Å². The minimum Gasteiger partial charge on any atom is -0.381 e. The fraction of sp³-hybridized carbons (Fsp3) is 0.188. The predicted molar refractivity (Wildman–Crippen MR) is 83.3 cm³/mol. The summed E-state index contributed by atoms with van der Waals surface area (Å²) in [4.78, 5) is 0. The maximum absolute atomic E-state index is 13.8. The van der Waals surface area contributed by atoms with Gasteiger partial charge in [0.25, 0.3) is 0 Å². The third-order valence-corrected chi connectivity index (χ3v) is 3.79. The van der Waals surface area contributed by atoms with E-state index in [9.17, 15) is 4.39 Å². The molecule has 2 aromatic carbocycles. The summed E-state index contributed by atoms with van der Waals surface area (Å²) in [5.74, 6) is -0.329. The normalized spacial score (nSPS) is 10.2. The Morgan fingerprint density at radius 2 is 2.14 bits per heavy atom. The zero-order valence-corrected chi connectivity index (χ0v) is 13.1. The molecule has 0 saturated carbocycles. The number of rotatable bonds is 5. The lowest BCUT2D eigenvalue weighted by Crippen LogP contribution is -2.05. The molecule has 0 fully saturated rings. The van der Waals surface area contributed by atoms with Gasteiger partial charge in [-0.2, -0.15) is 5.26 Å². The Bertz CT molecular complexity index is 682. The molecule has 108 valence electrons. The lowest BCUT2D eigenvalue weighted by Gasteiger charge is -2.13. The molecule has 0 unspecified atom stereocenters. The Morgan fingerprint density at radius 3 is 2.86 bits per heavy atom. The first-order valence-corrected chi connectivity index (χ1v) is 7.13. The number of nitrogens with zero attached hydrogens (tertiary/aromatic N) is 1. The van der Waals surface area contributed by atoms with E-state index in [-0.39, 0.29) is 5.82 Å². The van der Waals surface area contributed by atoms with E-state index in [1.807, 2.05) is 24.3 Å². The van der Waals surface area contributed by atoms with Crippen LogP contribution in [0, 0.1) is 17.1 Å². The topological polar surface area (TPSA) is 45.0 Å². The summed E-state index contributed by atoms with van der Waals surface area (Å²) in [5.41, 5.74) is 2.74. The molecule has 0 atom stereocenters. The SMILES string of the molecule is COCc1c(Br)cccc1NCc1cc(C#N)ccc1F. The highest BCUT2D eigenvalue weighted by molar-refractivity contribution is 9.10. The van der Waals surface area contributed by atoms with Gasteiger partial charge in [-0.3, -0.25) is 0 Å². The van der Waals surface area contributed by atoms with Crippen LogP contribution in [0.4, 0.5) is 10.1 Å². The Morgan fingerprint density at radius 1 is 1.33 bits per heavy atom. The summed E-state index contributed by atoms with van der Waals surface area (Å²) in [6.07, 6.45) is 0. The van der Waals surface area contributed by atoms with Crippen molar-refractivity contribution in [2.24, 2.45) is 0 Å². The van der Waals surface area contributed by atoms with Crippen molar-refractivity contribution in [3.8, 4) is 6.07 Å². The third kappa shape index (κ3) is 3.81. The van der Waals surface area contributed by atoms with Crippen LogP contribution < -0.4 is 5.32 Å². The van der Waals surface area contributed by atoms with Gasteiger partial charge < -0.3 is 10.1 Å². The standard InChI is InChI=1S/C16H14BrFN2O/c1-21-10-13-14(17)3-2-4-16(13)20-9-12-7-11(8-19)5-6-15(12)18/h2-7,20H,9-10H2,1H3. The number of benzene rings is 2. The van der Waals surface area contributed by atoms with E-state index in [0.717, 1.165) is 15.7 Å². The molecule has 0 aromatic heterocycles. The van der Waals surface area contributed by atoms with E-state index in [4.69, 9.17) is 10.00 Å². The van der Waals surface area contributed by atoms with Gasteiger partial charge in [-0.15, -0.1) is 0 Å². The number of hydrogen-bond acceptors (Lipinski definition) is 3. The van der Waals surface area contributed by atoms with Crippen molar-refractivity contribution < 1.29 is 9.13 Å². The van der Waals surface area contributed by atoms with Gasteiger partial charge in [-0.1, -0.05) is 22.0 Å². The van der Waals surface area contributed by atoms with Gasteiger partial charge in [0, 0.05) is 34.9 Å². The molecule has 2 rings (SSSR count). The smallest absolute Gasteiger partial charge is 0.128 e. The summed E-state index contributed by atoms with van der Waals surface area (Å²) >= 11 is 3.47. The number of ether oxygens (including phenoxy) is 1. The maximum Gasteiger partial charge on any atom is 0.128 e. The van der Waals surface area contributed by atoms with Gasteiger partial charge in [-0.25, -0.2) is 4.39 Å². The molecule has 0 spiro atoms. The van der Waals surface area contributed by atoms with Crippen LogP contribution in [0.25, 0.3) is 0 Å². The van der Waals surface area contributed by atoms with E-state index in [1.54, 1.807) is 13.2 Å². The Hall–Kier alpha value is -1.90. The van der Waals surface area contributed by atoms with Gasteiger partial charge in [0.1, 0.15) is 5.82 Å². The zero-order chi connectivity index (χ0) is 15.2. The van der Waals surface area contributed by atoms with Crippen LogP contribution in [0.15, 0.2) is 40.9 Å². The number of halogens is 2. The second-order valence-corrected chi connectivity index (χ2v) is 5.32. The van der Waals surface area contributed by atoms with Crippen molar-refractivity contribution in [2.75, 3.05) is 12.4 Å². The molecule has 0 saturated heterocycles. The molecule has 1 N–H and O–H groups in total. The van der Waals surface area contributed by atoms with Crippen LogP contribution in [0.2, 0.25) is 0 Å². The second kappa shape index (κ2) is 7.21. The van der Waals surface area contributed by atoms with Gasteiger partial charge >= 0.3 is 0 Å². The summed E-state index contributed by atoms with van der Waals surface area (Å²) in [6, 6.07) is 12.1. The Kier molecular flexibility index (Phi) is 5.32. The van der Waals surface area contributed by atoms with Crippen LogP contribution in [-0.2, 0) is 17.9 Å². The number of anilines is 1. The molecule has 0 heterocycles. The van der Waals surface area contributed by atoms with Gasteiger partial charge in [0.2, 0.25) is 0 Å². The summed E-state index contributed by atoms with van der Waals surface area (Å²) < 4.78 is 19.9. The number of nitriles is 1. The maximum atomic E-state index is 13.8. The molecular weight excluding hydrogens is 335 g/mol. The third-order valence-electron chi connectivity index (χ3n) is 3.05. The lowest BCUT2D eigenvalue weighted by atomic mass is 10.1. The van der Waals surface area contributed by atoms with E-state index < -0.39 is 0 Å². The summed E-state index contributed by atoms with van der Waals surface area (Å²) in [6.45, 7) is 0.749. The largest absolute Gasteiger partial charge is 0.381 e. The summed E-state index contributed by atoms with van der Waals surface area (Å²) in [7, 11) is 1.62. The zero-order valence-electron chi connectivity index (χ0n) is 11.5. The van der Waals surface area contributed by atoms with E-state index in [0.29, 0.717) is 24.3 Å². The Balaban J connectivity index is 2.21. The van der Waals surface area contributed by atoms with Crippen molar-refractivity contribution in [3.63, 3.8) is 0 Å². The highest BCUT2D eigenvalue weighted by Crippen LogP contribution is 2.26. The molecule has 0 aliphatic carbocycles. The first-order valence-electron chi connectivity index (χ1n) is 6.34. The van der Waals surface area contributed by atoms with Crippen LogP contribution in [0.1, 0.15) is 16.7 Å². The first-order chi connectivity index (χ1) is 10.2. The molecule has 5 heteroatoms. The predicted octanol–water partition coefficient (Wildman–Crippen LogP) is 4.22. The molecule has 0 amide bonds. The average Bonchev–Trinajstić information content (AvgIpc) is 2.49. The van der Waals surface area contributed by atoms with Crippen molar-refractivity contribution in [1.29, 1.82) is 5.26 Å². The Labute approximate surface area is 131 Å². The fourth-order valence-electron chi connectivity index (χ4n) is 1.99. The van der Waals surface area contributed by atoms with Crippen molar-refractivity contribution in [2.45, 2.75) is 13.2 Å². The van der Waals surface area contributed by atoms with Gasteiger partial charge in [0.15, 0.2) is 0 Å². The molecular formula is C16H14BrFN2O. The van der Waals surface area contributed by atoms with Crippen LogP contribution in [0.5, 0.6) is 0 Å². The monoisotopic (exact) mass is 348 g/mol. The molecule has 21 heavy (non-hydrogen) atoms. The number of nitrogens with one attached hydrogen (secondary N) is 1. The minimum atomic E-state index is -0.329. The van der Waals surface area contributed by atoms with Gasteiger partial charge in [0.05, 0.1) is 18.2 Å². The molecule has 0 aliphatic rings. The van der Waals surface area contributed by atoms with E-state index in [2.05, 4.69) is 21.2 Å². The number of methoxy groups -OCH3 is 1. The molecule has 0 bridgehead atoms. The average molecular weight is 349 g/mol. The second-order valence-electron chi connectivity index (χ2n) is 4.47. The molecule has 0 radical (unpaired) electrons. The van der Waals surface area contributed by atoms with Crippen LogP contribution >= 0.6 is 15.9 Å². The number of hydrogen-bond donors (Lipinski definition) is 1. The van der Waals surface area contributed by atoms with Crippen molar-refractivity contribution >= 4 is 21.6 Å². The highest BCUT2D eigenvalue weighted by atomic mass is 79.9. The minimum absolute atomic E-state index is 0.300. The molecule has 3 nitrogen and oxygen atoms in total.